The van der Waals surface area contributed by atoms with Gasteiger partial charge in [0.2, 0.25) is 0 Å². The van der Waals surface area contributed by atoms with Crippen LogP contribution in [-0.2, 0) is 0 Å². The number of rotatable bonds is 0. The molecule has 1 N–H and O–H groups in total. The predicted octanol–water partition coefficient (Wildman–Crippen LogP) is -0.496. The second kappa shape index (κ2) is 25.7. The summed E-state index contributed by atoms with van der Waals surface area (Å²) in [7, 11) is 0. The van der Waals surface area contributed by atoms with Gasteiger partial charge in [-0.2, -0.15) is 0 Å². The van der Waals surface area contributed by atoms with E-state index in [1.54, 1.807) is 6.92 Å². The summed E-state index contributed by atoms with van der Waals surface area (Å²) >= 11 is 0. The van der Waals surface area contributed by atoms with Crippen molar-refractivity contribution in [2.45, 2.75) is 6.92 Å². The third-order valence-electron chi connectivity index (χ3n) is 0. The van der Waals surface area contributed by atoms with Gasteiger partial charge in [0.1, 0.15) is 0 Å². The molecule has 0 atom stereocenters. The summed E-state index contributed by atoms with van der Waals surface area (Å²) in [4.78, 5) is 0. The van der Waals surface area contributed by atoms with Gasteiger partial charge < -0.3 is 5.11 Å². The Balaban J connectivity index is -0.0000000200. The molecule has 32 valence electrons. The summed E-state index contributed by atoms with van der Waals surface area (Å²) < 4.78 is 0. The van der Waals surface area contributed by atoms with E-state index in [1.807, 2.05) is 0 Å². The first-order valence-electron chi connectivity index (χ1n) is 1.02. The quantitative estimate of drug-likeness (QED) is 0.401. The first-order chi connectivity index (χ1) is 1.41. The van der Waals surface area contributed by atoms with Crippen LogP contribution in [0.15, 0.2) is 0 Å². The van der Waals surface area contributed by atoms with Gasteiger partial charge in [0.25, 0.3) is 0 Å². The molecule has 0 unspecified atom stereocenters. The molecule has 0 aliphatic rings. The molecule has 0 aromatic carbocycles. The summed E-state index contributed by atoms with van der Waals surface area (Å²) in [6, 6.07) is 0. The summed E-state index contributed by atoms with van der Waals surface area (Å²) in [6.07, 6.45) is 0. The molecule has 0 bridgehead atoms. The van der Waals surface area contributed by atoms with E-state index in [0.717, 1.165) is 0 Å². The first-order valence-corrected chi connectivity index (χ1v) is 1.02. The fourth-order valence-electron chi connectivity index (χ4n) is 0. The second-order valence-electron chi connectivity index (χ2n) is 0.316. The molecule has 1 nitrogen and oxygen atoms in total. The van der Waals surface area contributed by atoms with Gasteiger partial charge in [-0.3, -0.25) is 0 Å². The average molecular weight is 93.6 g/mol. The van der Waals surface area contributed by atoms with E-state index >= 15 is 0 Å². The van der Waals surface area contributed by atoms with Gasteiger partial charge in [-0.05, 0) is 6.92 Å². The maximum absolute atomic E-state index is 7.57. The van der Waals surface area contributed by atoms with Gasteiger partial charge in [0.05, 0.1) is 0 Å². The standard InChI is InChI=1S/C2H6O.Be.ClH.2H/c1-2-3;;;;/h3H,2H2,1H3;;1H;;. The van der Waals surface area contributed by atoms with Gasteiger partial charge >= 0.3 is 10.1 Å². The molecular weight excluding hydrogens is 84.5 g/mol. The molecule has 0 heterocycles. The topological polar surface area (TPSA) is 20.2 Å². The van der Waals surface area contributed by atoms with Crippen LogP contribution in [-0.4, -0.2) is 21.8 Å². The van der Waals surface area contributed by atoms with Crippen LogP contribution in [0.5, 0.6) is 0 Å². The van der Waals surface area contributed by atoms with E-state index in [-0.39, 0.29) is 29.1 Å². The molecule has 0 fully saturated rings. The minimum absolute atomic E-state index is 0. The van der Waals surface area contributed by atoms with Crippen molar-refractivity contribution < 1.29 is 5.11 Å². The fraction of sp³-hybridized carbons (Fsp3) is 1.00. The number of hydrogen-bond donors (Lipinski definition) is 1. The fourth-order valence-corrected chi connectivity index (χ4v) is 0. The molecular formula is C2H9BeClO. The van der Waals surface area contributed by atoms with Crippen LogP contribution in [0.25, 0.3) is 0 Å². The Morgan fingerprint density at radius 3 is 1.60 bits per heavy atom. The van der Waals surface area contributed by atoms with Gasteiger partial charge in [-0.1, -0.05) is 0 Å². The van der Waals surface area contributed by atoms with Crippen LogP contribution in [0.4, 0.5) is 0 Å². The second-order valence-corrected chi connectivity index (χ2v) is 0.316. The molecule has 0 aromatic rings. The number of halogens is 1. The van der Waals surface area contributed by atoms with Crippen LogP contribution in [0.1, 0.15) is 6.92 Å². The summed E-state index contributed by atoms with van der Waals surface area (Å²) in [6.45, 7) is 1.93. The van der Waals surface area contributed by atoms with Gasteiger partial charge in [-0.25, -0.2) is 0 Å². The molecule has 5 heavy (non-hydrogen) atoms. The normalized spacial score (nSPS) is 3.60. The Morgan fingerprint density at radius 1 is 1.60 bits per heavy atom. The van der Waals surface area contributed by atoms with Crippen molar-refractivity contribution in [1.29, 1.82) is 0 Å². The van der Waals surface area contributed by atoms with E-state index in [2.05, 4.69) is 0 Å². The maximum atomic E-state index is 7.57. The van der Waals surface area contributed by atoms with Crippen molar-refractivity contribution in [3.63, 3.8) is 0 Å². The Bertz CT molecular complexity index is 9.61. The van der Waals surface area contributed by atoms with E-state index in [4.69, 9.17) is 5.11 Å². The van der Waals surface area contributed by atoms with Gasteiger partial charge in [0, 0.05) is 6.61 Å². The summed E-state index contributed by atoms with van der Waals surface area (Å²) in [5.74, 6) is 0. The molecule has 0 amide bonds. The molecule has 3 heteroatoms. The average Bonchev–Trinajstić information content (AvgIpc) is 0.918. The van der Waals surface area contributed by atoms with Gasteiger partial charge in [0.15, 0.2) is 0 Å². The van der Waals surface area contributed by atoms with Crippen molar-refractivity contribution in [1.82, 2.24) is 0 Å². The SMILES string of the molecule is CCO.Cl.[BeH2]. The summed E-state index contributed by atoms with van der Waals surface area (Å²) in [5, 5.41) is 7.57. The molecule has 0 radical (unpaired) electrons. The van der Waals surface area contributed by atoms with Crippen LogP contribution < -0.4 is 0 Å². The van der Waals surface area contributed by atoms with Crippen LogP contribution in [0, 0.1) is 0 Å². The molecule has 0 aliphatic heterocycles. The van der Waals surface area contributed by atoms with Crippen molar-refractivity contribution in [2.24, 2.45) is 0 Å². The van der Waals surface area contributed by atoms with E-state index in [9.17, 15) is 0 Å². The third-order valence-corrected chi connectivity index (χ3v) is 0. The van der Waals surface area contributed by atoms with E-state index < -0.39 is 0 Å². The van der Waals surface area contributed by atoms with Crippen molar-refractivity contribution in [3.8, 4) is 0 Å². The van der Waals surface area contributed by atoms with Crippen LogP contribution >= 0.6 is 12.4 Å². The van der Waals surface area contributed by atoms with Crippen molar-refractivity contribution in [2.75, 3.05) is 6.61 Å². The molecule has 0 rings (SSSR count). The molecule has 0 saturated heterocycles. The Hall–Kier alpha value is 0.419. The zero-order valence-electron chi connectivity index (χ0n) is 2.56. The van der Waals surface area contributed by atoms with Crippen LogP contribution in [0.3, 0.4) is 0 Å². The summed E-state index contributed by atoms with van der Waals surface area (Å²) in [5.41, 5.74) is 0. The van der Waals surface area contributed by atoms with Gasteiger partial charge in [-0.15, -0.1) is 12.4 Å². The first kappa shape index (κ1) is 18.1. The third kappa shape index (κ3) is 147. The van der Waals surface area contributed by atoms with Crippen molar-refractivity contribution in [3.05, 3.63) is 0 Å². The van der Waals surface area contributed by atoms with E-state index in [0.29, 0.717) is 0 Å². The number of aliphatic hydroxyl groups excluding tert-OH is 1. The predicted molar refractivity (Wildman–Crippen MR) is 28.6 cm³/mol. The van der Waals surface area contributed by atoms with Crippen LogP contribution in [0.2, 0.25) is 0 Å². The molecule has 0 aromatic heterocycles. The zero-order valence-corrected chi connectivity index (χ0v) is 3.38. The molecule has 0 saturated carbocycles. The Kier molecular flexibility index (Phi) is 92.8. The Labute approximate surface area is 42.0 Å². The molecule has 0 spiro atoms. The zero-order chi connectivity index (χ0) is 2.71. The number of hydrogen-bond acceptors (Lipinski definition) is 1. The monoisotopic (exact) mass is 93.0 g/mol. The van der Waals surface area contributed by atoms with Crippen molar-refractivity contribution >= 4 is 22.5 Å². The molecule has 0 aliphatic carbocycles. The number of aliphatic hydroxyl groups is 1. The minimum atomic E-state index is 0. The van der Waals surface area contributed by atoms with E-state index in [1.165, 1.54) is 0 Å². The Morgan fingerprint density at radius 2 is 1.60 bits per heavy atom.